The molecule has 30 heavy (non-hydrogen) atoms. The van der Waals surface area contributed by atoms with Gasteiger partial charge in [-0.05, 0) is 48.0 Å². The third-order valence-corrected chi connectivity index (χ3v) is 6.29. The zero-order chi connectivity index (χ0) is 21.5. The molecule has 3 heterocycles. The highest BCUT2D eigenvalue weighted by atomic mass is 19.4. The fraction of sp³-hybridized carbons (Fsp3) is 0.500. The molecule has 160 valence electrons. The maximum Gasteiger partial charge on any atom is 0.416 e. The van der Waals surface area contributed by atoms with Crippen molar-refractivity contribution < 1.29 is 22.8 Å². The fourth-order valence-electron chi connectivity index (χ4n) is 4.65. The number of hydrogen-bond acceptors (Lipinski definition) is 3. The van der Waals surface area contributed by atoms with E-state index in [1.54, 1.807) is 21.9 Å². The number of carbonyl (C=O) groups excluding carboxylic acids is 2. The maximum atomic E-state index is 13.3. The molecule has 1 saturated heterocycles. The van der Waals surface area contributed by atoms with E-state index in [2.05, 4.69) is 4.99 Å². The summed E-state index contributed by atoms with van der Waals surface area (Å²) in [5.74, 6) is -0.340. The van der Waals surface area contributed by atoms with Crippen LogP contribution in [0, 0.1) is 0 Å². The molecule has 0 saturated carbocycles. The minimum Gasteiger partial charge on any atom is -0.339 e. The smallest absolute Gasteiger partial charge is 0.339 e. The Balaban J connectivity index is 1.42. The van der Waals surface area contributed by atoms with Crippen molar-refractivity contribution in [3.8, 4) is 0 Å². The van der Waals surface area contributed by atoms with Gasteiger partial charge in [-0.15, -0.1) is 0 Å². The van der Waals surface area contributed by atoms with Crippen LogP contribution in [0.2, 0.25) is 0 Å². The molecule has 0 bridgehead atoms. The molecule has 1 fully saturated rings. The molecule has 2 amide bonds. The molecule has 1 aromatic rings. The molecule has 8 heteroatoms. The van der Waals surface area contributed by atoms with Crippen LogP contribution in [-0.4, -0.2) is 60.0 Å². The van der Waals surface area contributed by atoms with Crippen LogP contribution in [-0.2, 0) is 15.8 Å². The fourth-order valence-corrected chi connectivity index (χ4v) is 4.65. The molecular formula is C22H24F3N3O2. The summed E-state index contributed by atoms with van der Waals surface area (Å²) in [4.78, 5) is 32.5. The van der Waals surface area contributed by atoms with E-state index in [1.807, 2.05) is 0 Å². The molecular weight excluding hydrogens is 395 g/mol. The van der Waals surface area contributed by atoms with Gasteiger partial charge < -0.3 is 9.80 Å². The first kappa shape index (κ1) is 20.6. The van der Waals surface area contributed by atoms with E-state index in [0.717, 1.165) is 17.2 Å². The Labute approximate surface area is 173 Å². The predicted molar refractivity (Wildman–Crippen MR) is 106 cm³/mol. The zero-order valence-electron chi connectivity index (χ0n) is 16.8. The van der Waals surface area contributed by atoms with Gasteiger partial charge in [0.05, 0.1) is 12.1 Å². The van der Waals surface area contributed by atoms with Gasteiger partial charge >= 0.3 is 6.18 Å². The second-order valence-electron chi connectivity index (χ2n) is 8.09. The molecule has 0 aliphatic carbocycles. The lowest BCUT2D eigenvalue weighted by Crippen LogP contribution is -2.43. The molecule has 1 aromatic carbocycles. The van der Waals surface area contributed by atoms with Crippen molar-refractivity contribution in [3.05, 3.63) is 46.5 Å². The number of aliphatic imine (C=N–C) groups is 1. The number of carbonyl (C=O) groups is 2. The van der Waals surface area contributed by atoms with E-state index in [-0.39, 0.29) is 17.7 Å². The standard InChI is InChI=1S/C22H24F3N3O2/c1-14(29)28-11-8-18-16(13-28)12-26-20(18)21(30)27-9-6-15(7-10-27)17-4-2-3-5-19(17)22(23,24)25/h2-5,15H,6-13H2,1H3. The highest BCUT2D eigenvalue weighted by Gasteiger charge is 2.37. The Kier molecular flexibility index (Phi) is 5.42. The van der Waals surface area contributed by atoms with Crippen LogP contribution < -0.4 is 0 Å². The first-order valence-electron chi connectivity index (χ1n) is 10.2. The van der Waals surface area contributed by atoms with Crippen molar-refractivity contribution in [1.82, 2.24) is 9.80 Å². The van der Waals surface area contributed by atoms with Crippen molar-refractivity contribution in [3.63, 3.8) is 0 Å². The number of amides is 2. The number of nitrogens with zero attached hydrogens (tertiary/aromatic N) is 3. The summed E-state index contributed by atoms with van der Waals surface area (Å²) >= 11 is 0. The molecule has 0 aromatic heterocycles. The summed E-state index contributed by atoms with van der Waals surface area (Å²) in [6.07, 6.45) is -2.76. The van der Waals surface area contributed by atoms with Gasteiger partial charge in [0.2, 0.25) is 5.91 Å². The van der Waals surface area contributed by atoms with Crippen LogP contribution in [0.15, 0.2) is 40.4 Å². The third-order valence-electron chi connectivity index (χ3n) is 6.29. The topological polar surface area (TPSA) is 53.0 Å². The number of hydrogen-bond donors (Lipinski definition) is 0. The van der Waals surface area contributed by atoms with Gasteiger partial charge in [-0.2, -0.15) is 13.2 Å². The second kappa shape index (κ2) is 7.89. The second-order valence-corrected chi connectivity index (χ2v) is 8.09. The minimum atomic E-state index is -4.38. The Morgan fingerprint density at radius 3 is 2.43 bits per heavy atom. The van der Waals surface area contributed by atoms with E-state index in [0.29, 0.717) is 63.3 Å². The number of alkyl halides is 3. The summed E-state index contributed by atoms with van der Waals surface area (Å²) in [7, 11) is 0. The van der Waals surface area contributed by atoms with E-state index >= 15 is 0 Å². The van der Waals surface area contributed by atoms with Crippen LogP contribution in [0.25, 0.3) is 0 Å². The summed E-state index contributed by atoms with van der Waals surface area (Å²) in [5, 5.41) is 0. The first-order valence-corrected chi connectivity index (χ1v) is 10.2. The lowest BCUT2D eigenvalue weighted by Gasteiger charge is -2.34. The van der Waals surface area contributed by atoms with Crippen molar-refractivity contribution in [1.29, 1.82) is 0 Å². The SMILES string of the molecule is CC(=O)N1CCC2=C(CN=C2C(=O)N2CCC(c3ccccc3C(F)(F)F)CC2)C1. The lowest BCUT2D eigenvalue weighted by molar-refractivity contribution is -0.138. The molecule has 0 unspecified atom stereocenters. The largest absolute Gasteiger partial charge is 0.416 e. The van der Waals surface area contributed by atoms with Gasteiger partial charge in [0, 0.05) is 33.1 Å². The van der Waals surface area contributed by atoms with Crippen molar-refractivity contribution in [2.24, 2.45) is 4.99 Å². The molecule has 0 radical (unpaired) electrons. The van der Waals surface area contributed by atoms with Gasteiger partial charge in [-0.25, -0.2) is 0 Å². The molecule has 5 nitrogen and oxygen atoms in total. The third kappa shape index (κ3) is 3.87. The summed E-state index contributed by atoms with van der Waals surface area (Å²) < 4.78 is 40.0. The Morgan fingerprint density at radius 1 is 1.07 bits per heavy atom. The van der Waals surface area contributed by atoms with Crippen molar-refractivity contribution in [2.45, 2.75) is 38.3 Å². The predicted octanol–water partition coefficient (Wildman–Crippen LogP) is 3.41. The average Bonchev–Trinajstić information content (AvgIpc) is 3.16. The molecule has 0 atom stereocenters. The molecule has 3 aliphatic rings. The monoisotopic (exact) mass is 419 g/mol. The summed E-state index contributed by atoms with van der Waals surface area (Å²) in [6, 6.07) is 5.72. The van der Waals surface area contributed by atoms with Gasteiger partial charge in [-0.3, -0.25) is 14.6 Å². The first-order chi connectivity index (χ1) is 14.3. The van der Waals surface area contributed by atoms with Crippen molar-refractivity contribution in [2.75, 3.05) is 32.7 Å². The maximum absolute atomic E-state index is 13.3. The molecule has 3 aliphatic heterocycles. The van der Waals surface area contributed by atoms with Crippen LogP contribution in [0.4, 0.5) is 13.2 Å². The van der Waals surface area contributed by atoms with E-state index < -0.39 is 11.7 Å². The van der Waals surface area contributed by atoms with Crippen molar-refractivity contribution >= 4 is 17.5 Å². The van der Waals surface area contributed by atoms with Gasteiger partial charge in [-0.1, -0.05) is 18.2 Å². The van der Waals surface area contributed by atoms with E-state index in [1.165, 1.54) is 13.0 Å². The quantitative estimate of drug-likeness (QED) is 0.738. The van der Waals surface area contributed by atoms with Gasteiger partial charge in [0.15, 0.2) is 0 Å². The minimum absolute atomic E-state index is 0.0162. The normalized spacial score (nSPS) is 20.3. The average molecular weight is 419 g/mol. The lowest BCUT2D eigenvalue weighted by atomic mass is 9.86. The zero-order valence-corrected chi connectivity index (χ0v) is 16.8. The number of piperidine rings is 1. The molecule has 0 N–H and O–H groups in total. The number of halogens is 3. The molecule has 4 rings (SSSR count). The highest BCUT2D eigenvalue weighted by Crippen LogP contribution is 2.39. The Hall–Kier alpha value is -2.64. The number of likely N-dealkylation sites (tertiary alicyclic amines) is 1. The van der Waals surface area contributed by atoms with Crippen LogP contribution in [0.1, 0.15) is 43.2 Å². The van der Waals surface area contributed by atoms with Gasteiger partial charge in [0.25, 0.3) is 5.91 Å². The van der Waals surface area contributed by atoms with E-state index in [9.17, 15) is 22.8 Å². The summed E-state index contributed by atoms with van der Waals surface area (Å²) in [5.41, 5.74) is 2.18. The van der Waals surface area contributed by atoms with Crippen LogP contribution >= 0.6 is 0 Å². The number of rotatable bonds is 2. The summed E-state index contributed by atoms with van der Waals surface area (Å²) in [6.45, 7) is 3.90. The van der Waals surface area contributed by atoms with Gasteiger partial charge in [0.1, 0.15) is 5.71 Å². The number of benzene rings is 1. The van der Waals surface area contributed by atoms with Crippen LogP contribution in [0.3, 0.4) is 0 Å². The highest BCUT2D eigenvalue weighted by molar-refractivity contribution is 6.46. The van der Waals surface area contributed by atoms with Crippen LogP contribution in [0.5, 0.6) is 0 Å². The Bertz CT molecular complexity index is 928. The molecule has 0 spiro atoms. The van der Waals surface area contributed by atoms with E-state index in [4.69, 9.17) is 0 Å². The Morgan fingerprint density at radius 2 is 1.77 bits per heavy atom.